The van der Waals surface area contributed by atoms with Crippen LogP contribution < -0.4 is 5.32 Å². The Morgan fingerprint density at radius 1 is 1.12 bits per heavy atom. The summed E-state index contributed by atoms with van der Waals surface area (Å²) in [6, 6.07) is 0. The molecule has 0 aromatic carbocycles. The highest BCUT2D eigenvalue weighted by Crippen LogP contribution is 2.55. The van der Waals surface area contributed by atoms with Gasteiger partial charge >= 0.3 is 5.97 Å². The normalized spacial score (nSPS) is 38.4. The molecule has 0 bridgehead atoms. The number of carboxylic acid groups (broad SMARTS) is 1. The van der Waals surface area contributed by atoms with Crippen LogP contribution in [0.25, 0.3) is 0 Å². The van der Waals surface area contributed by atoms with E-state index in [0.717, 1.165) is 12.8 Å². The predicted molar refractivity (Wildman–Crippen MR) is 56.7 cm³/mol. The van der Waals surface area contributed by atoms with Crippen molar-refractivity contribution in [3.05, 3.63) is 0 Å². The number of carbonyl (C=O) groups excluding carboxylic acids is 1. The first kappa shape index (κ1) is 10.1. The van der Waals surface area contributed by atoms with Gasteiger partial charge in [0.25, 0.3) is 0 Å². The zero-order valence-electron chi connectivity index (χ0n) is 9.24. The molecule has 3 aliphatic carbocycles. The summed E-state index contributed by atoms with van der Waals surface area (Å²) >= 11 is 0. The van der Waals surface area contributed by atoms with Crippen LogP contribution >= 0.6 is 0 Å². The smallest absolute Gasteiger partial charge is 0.329 e. The Balaban J connectivity index is 1.61. The van der Waals surface area contributed by atoms with Gasteiger partial charge in [-0.15, -0.1) is 0 Å². The van der Waals surface area contributed by atoms with Crippen molar-refractivity contribution < 1.29 is 14.7 Å². The standard InChI is InChI=1S/C12H17NO3/c14-10(13-12(5-6-12)11(15)16)9-7-3-1-2-4-8(7)9/h7-9H,1-6H2,(H,13,14)(H,15,16). The molecule has 4 heteroatoms. The van der Waals surface area contributed by atoms with Gasteiger partial charge in [-0.3, -0.25) is 4.79 Å². The van der Waals surface area contributed by atoms with Crippen molar-refractivity contribution in [2.24, 2.45) is 17.8 Å². The maximum Gasteiger partial charge on any atom is 0.329 e. The molecule has 88 valence electrons. The van der Waals surface area contributed by atoms with Gasteiger partial charge < -0.3 is 10.4 Å². The van der Waals surface area contributed by atoms with Crippen molar-refractivity contribution in [3.63, 3.8) is 0 Å². The molecule has 1 amide bonds. The fraction of sp³-hybridized carbons (Fsp3) is 0.833. The fourth-order valence-electron chi connectivity index (χ4n) is 3.22. The number of carboxylic acids is 1. The van der Waals surface area contributed by atoms with E-state index < -0.39 is 11.5 Å². The summed E-state index contributed by atoms with van der Waals surface area (Å²) in [5, 5.41) is 11.7. The minimum atomic E-state index is -0.900. The molecule has 0 heterocycles. The lowest BCUT2D eigenvalue weighted by molar-refractivity contribution is -0.143. The topological polar surface area (TPSA) is 66.4 Å². The van der Waals surface area contributed by atoms with E-state index in [9.17, 15) is 9.59 Å². The van der Waals surface area contributed by atoms with Crippen molar-refractivity contribution in [1.29, 1.82) is 0 Å². The van der Waals surface area contributed by atoms with Crippen LogP contribution in [0.5, 0.6) is 0 Å². The highest BCUT2D eigenvalue weighted by molar-refractivity contribution is 5.91. The number of hydrogen-bond donors (Lipinski definition) is 2. The summed E-state index contributed by atoms with van der Waals surface area (Å²) in [7, 11) is 0. The molecule has 2 atom stereocenters. The van der Waals surface area contributed by atoms with Crippen LogP contribution in [-0.2, 0) is 9.59 Å². The molecule has 0 aliphatic heterocycles. The van der Waals surface area contributed by atoms with Crippen LogP contribution in [0.1, 0.15) is 38.5 Å². The lowest BCUT2D eigenvalue weighted by Crippen LogP contribution is -2.44. The molecule has 2 N–H and O–H groups in total. The van der Waals surface area contributed by atoms with E-state index in [0.29, 0.717) is 24.7 Å². The Kier molecular flexibility index (Phi) is 2.03. The number of fused-ring (bicyclic) bond motifs is 1. The Labute approximate surface area is 94.4 Å². The molecule has 0 aromatic rings. The molecule has 0 aromatic heterocycles. The molecule has 2 unspecified atom stereocenters. The highest BCUT2D eigenvalue weighted by atomic mass is 16.4. The van der Waals surface area contributed by atoms with Crippen LogP contribution in [0.2, 0.25) is 0 Å². The van der Waals surface area contributed by atoms with Crippen LogP contribution in [0, 0.1) is 17.8 Å². The molecule has 4 nitrogen and oxygen atoms in total. The maximum atomic E-state index is 12.0. The minimum Gasteiger partial charge on any atom is -0.480 e. The van der Waals surface area contributed by atoms with E-state index in [1.807, 2.05) is 0 Å². The zero-order chi connectivity index (χ0) is 11.3. The third-order valence-corrected chi connectivity index (χ3v) is 4.48. The first-order valence-corrected chi connectivity index (χ1v) is 6.19. The SMILES string of the molecule is O=C(NC1(C(=O)O)CC1)C1C2CCCCC21. The van der Waals surface area contributed by atoms with Crippen LogP contribution in [0.3, 0.4) is 0 Å². The summed E-state index contributed by atoms with van der Waals surface area (Å²) in [5.74, 6) is 0.359. The van der Waals surface area contributed by atoms with E-state index in [2.05, 4.69) is 5.32 Å². The average Bonchev–Trinajstić information content (AvgIpc) is 3.10. The molecule has 3 saturated carbocycles. The van der Waals surface area contributed by atoms with Gasteiger partial charge in [0.05, 0.1) is 0 Å². The Hall–Kier alpha value is -1.06. The Morgan fingerprint density at radius 3 is 2.12 bits per heavy atom. The van der Waals surface area contributed by atoms with E-state index in [1.54, 1.807) is 0 Å². The van der Waals surface area contributed by atoms with Gasteiger partial charge in [-0.2, -0.15) is 0 Å². The summed E-state index contributed by atoms with van der Waals surface area (Å²) in [5.41, 5.74) is -0.900. The number of nitrogens with one attached hydrogen (secondary N) is 1. The molecule has 0 spiro atoms. The second-order valence-electron chi connectivity index (χ2n) is 5.51. The van der Waals surface area contributed by atoms with Gasteiger partial charge in [-0.25, -0.2) is 4.79 Å². The lowest BCUT2D eigenvalue weighted by Gasteiger charge is -2.12. The molecule has 3 rings (SSSR count). The number of amides is 1. The number of carbonyl (C=O) groups is 2. The van der Waals surface area contributed by atoms with Gasteiger partial charge in [-0.05, 0) is 37.5 Å². The second-order valence-corrected chi connectivity index (χ2v) is 5.51. The molecule has 0 radical (unpaired) electrons. The van der Waals surface area contributed by atoms with Gasteiger partial charge in [0.15, 0.2) is 0 Å². The van der Waals surface area contributed by atoms with Crippen LogP contribution in [-0.4, -0.2) is 22.5 Å². The number of aliphatic carboxylic acids is 1. The average molecular weight is 223 g/mol. The maximum absolute atomic E-state index is 12.0. The van der Waals surface area contributed by atoms with Gasteiger partial charge in [-0.1, -0.05) is 12.8 Å². The van der Waals surface area contributed by atoms with Gasteiger partial charge in [0.2, 0.25) is 5.91 Å². The van der Waals surface area contributed by atoms with E-state index in [4.69, 9.17) is 5.11 Å². The highest BCUT2D eigenvalue weighted by Gasteiger charge is 2.58. The number of hydrogen-bond acceptors (Lipinski definition) is 2. The second kappa shape index (κ2) is 3.22. The number of rotatable bonds is 3. The molecule has 0 saturated heterocycles. The largest absolute Gasteiger partial charge is 0.480 e. The third kappa shape index (κ3) is 1.43. The Bertz CT molecular complexity index is 336. The zero-order valence-corrected chi connectivity index (χ0v) is 9.24. The predicted octanol–water partition coefficient (Wildman–Crippen LogP) is 1.16. The van der Waals surface area contributed by atoms with E-state index in [-0.39, 0.29) is 11.8 Å². The minimum absolute atomic E-state index is 0.00296. The quantitative estimate of drug-likeness (QED) is 0.754. The molecular formula is C12H17NO3. The first-order valence-electron chi connectivity index (χ1n) is 6.19. The van der Waals surface area contributed by atoms with Crippen molar-refractivity contribution in [2.75, 3.05) is 0 Å². The van der Waals surface area contributed by atoms with E-state index >= 15 is 0 Å². The lowest BCUT2D eigenvalue weighted by atomic mass is 10.0. The molecule has 16 heavy (non-hydrogen) atoms. The van der Waals surface area contributed by atoms with Gasteiger partial charge in [0.1, 0.15) is 5.54 Å². The van der Waals surface area contributed by atoms with Gasteiger partial charge in [0, 0.05) is 5.92 Å². The van der Waals surface area contributed by atoms with Crippen molar-refractivity contribution in [1.82, 2.24) is 5.32 Å². The summed E-state index contributed by atoms with van der Waals surface area (Å²) in [6.07, 6.45) is 5.96. The van der Waals surface area contributed by atoms with Crippen LogP contribution in [0.4, 0.5) is 0 Å². The fourth-order valence-corrected chi connectivity index (χ4v) is 3.22. The van der Waals surface area contributed by atoms with Crippen molar-refractivity contribution in [3.8, 4) is 0 Å². The summed E-state index contributed by atoms with van der Waals surface area (Å²) in [6.45, 7) is 0. The third-order valence-electron chi connectivity index (χ3n) is 4.48. The Morgan fingerprint density at radius 2 is 1.69 bits per heavy atom. The van der Waals surface area contributed by atoms with E-state index in [1.165, 1.54) is 12.8 Å². The molecule has 3 fully saturated rings. The summed E-state index contributed by atoms with van der Waals surface area (Å²) < 4.78 is 0. The molecular weight excluding hydrogens is 206 g/mol. The first-order chi connectivity index (χ1) is 7.64. The summed E-state index contributed by atoms with van der Waals surface area (Å²) in [4.78, 5) is 22.9. The van der Waals surface area contributed by atoms with Crippen molar-refractivity contribution >= 4 is 11.9 Å². The monoisotopic (exact) mass is 223 g/mol. The van der Waals surface area contributed by atoms with Crippen LogP contribution in [0.15, 0.2) is 0 Å². The van der Waals surface area contributed by atoms with Crippen molar-refractivity contribution in [2.45, 2.75) is 44.1 Å². The molecule has 3 aliphatic rings.